The zero-order valence-electron chi connectivity index (χ0n) is 21.0. The number of nitrogens with zero attached hydrogens (tertiary/aromatic N) is 1. The standard InChI is InChI=1S/C26H48N4O3/c1-3-33-25(31)21-5-4-14-30(18-21)17-19-6-10-23(11-7-19)29-26-27-15-22(16-28-26)20-8-12-24(32-2)13-9-20/h19-24,26-29H,3-18H2,1-2H3. The first-order chi connectivity index (χ1) is 16.1. The van der Waals surface area contributed by atoms with Crippen LogP contribution in [0.15, 0.2) is 0 Å². The van der Waals surface area contributed by atoms with Crippen molar-refractivity contribution in [2.45, 2.75) is 89.6 Å². The first-order valence-corrected chi connectivity index (χ1v) is 13.8. The van der Waals surface area contributed by atoms with Gasteiger partial charge in [-0.25, -0.2) is 0 Å². The number of rotatable bonds is 8. The van der Waals surface area contributed by atoms with Crippen molar-refractivity contribution in [2.75, 3.05) is 46.4 Å². The van der Waals surface area contributed by atoms with Gasteiger partial charge in [0.15, 0.2) is 0 Å². The van der Waals surface area contributed by atoms with Crippen LogP contribution in [0.4, 0.5) is 0 Å². The Morgan fingerprint density at radius 2 is 1.70 bits per heavy atom. The van der Waals surface area contributed by atoms with Gasteiger partial charge in [-0.3, -0.25) is 20.7 Å². The number of likely N-dealkylation sites (tertiary alicyclic amines) is 1. The molecule has 3 N–H and O–H groups in total. The van der Waals surface area contributed by atoms with Gasteiger partial charge in [-0.05, 0) is 95.4 Å². The molecule has 4 rings (SSSR count). The van der Waals surface area contributed by atoms with E-state index in [1.165, 1.54) is 51.4 Å². The van der Waals surface area contributed by atoms with Crippen LogP contribution in [-0.4, -0.2) is 75.7 Å². The summed E-state index contributed by atoms with van der Waals surface area (Å²) in [5, 5.41) is 11.3. The predicted octanol–water partition coefficient (Wildman–Crippen LogP) is 2.71. The van der Waals surface area contributed by atoms with Crippen LogP contribution in [0.25, 0.3) is 0 Å². The maximum Gasteiger partial charge on any atom is 0.310 e. The molecule has 0 spiro atoms. The number of hydrogen-bond acceptors (Lipinski definition) is 7. The molecule has 0 aromatic heterocycles. The SMILES string of the molecule is CCOC(=O)C1CCCN(CC2CCC(NC3NCC(C4CCC(OC)CC4)CN3)CC2)C1. The fraction of sp³-hybridized carbons (Fsp3) is 0.962. The molecule has 2 saturated heterocycles. The van der Waals surface area contributed by atoms with E-state index in [1.807, 2.05) is 14.0 Å². The van der Waals surface area contributed by atoms with Crippen molar-refractivity contribution in [3.8, 4) is 0 Å². The summed E-state index contributed by atoms with van der Waals surface area (Å²) in [5.74, 6) is 2.44. The van der Waals surface area contributed by atoms with Crippen molar-refractivity contribution in [2.24, 2.45) is 23.7 Å². The number of carbonyl (C=O) groups excluding carboxylic acids is 1. The second-order valence-electron chi connectivity index (χ2n) is 11.0. The van der Waals surface area contributed by atoms with Crippen molar-refractivity contribution in [1.29, 1.82) is 0 Å². The van der Waals surface area contributed by atoms with Crippen molar-refractivity contribution in [3.63, 3.8) is 0 Å². The second-order valence-corrected chi connectivity index (χ2v) is 11.0. The summed E-state index contributed by atoms with van der Waals surface area (Å²) >= 11 is 0. The molecule has 2 aliphatic heterocycles. The maximum atomic E-state index is 12.1. The highest BCUT2D eigenvalue weighted by Crippen LogP contribution is 2.32. The number of nitrogens with one attached hydrogen (secondary N) is 3. The summed E-state index contributed by atoms with van der Waals surface area (Å²) in [6, 6.07) is 0.605. The van der Waals surface area contributed by atoms with Crippen LogP contribution in [0.1, 0.15) is 71.1 Å². The van der Waals surface area contributed by atoms with Crippen molar-refractivity contribution < 1.29 is 14.3 Å². The Labute approximate surface area is 201 Å². The molecular formula is C26H48N4O3. The van der Waals surface area contributed by atoms with E-state index >= 15 is 0 Å². The third-order valence-corrected chi connectivity index (χ3v) is 8.78. The van der Waals surface area contributed by atoms with Gasteiger partial charge < -0.3 is 14.4 Å². The van der Waals surface area contributed by atoms with Crippen LogP contribution in [0.2, 0.25) is 0 Å². The van der Waals surface area contributed by atoms with Gasteiger partial charge in [-0.1, -0.05) is 0 Å². The molecule has 33 heavy (non-hydrogen) atoms. The normalized spacial score (nSPS) is 38.7. The maximum absolute atomic E-state index is 12.1. The molecule has 4 aliphatic rings. The van der Waals surface area contributed by atoms with Crippen LogP contribution in [0.3, 0.4) is 0 Å². The monoisotopic (exact) mass is 464 g/mol. The largest absolute Gasteiger partial charge is 0.466 e. The molecule has 190 valence electrons. The van der Waals surface area contributed by atoms with Gasteiger partial charge in [-0.15, -0.1) is 0 Å². The Kier molecular flexibility index (Phi) is 9.86. The van der Waals surface area contributed by atoms with E-state index in [2.05, 4.69) is 20.9 Å². The van der Waals surface area contributed by atoms with E-state index in [0.29, 0.717) is 18.8 Å². The smallest absolute Gasteiger partial charge is 0.310 e. The summed E-state index contributed by atoms with van der Waals surface area (Å²) in [6.07, 6.45) is 13.0. The van der Waals surface area contributed by atoms with E-state index in [1.54, 1.807) is 0 Å². The average molecular weight is 465 g/mol. The fourth-order valence-corrected chi connectivity index (χ4v) is 6.72. The highest BCUT2D eigenvalue weighted by Gasteiger charge is 2.33. The zero-order chi connectivity index (χ0) is 23.0. The first-order valence-electron chi connectivity index (χ1n) is 13.8. The Bertz CT molecular complexity index is 582. The third kappa shape index (κ3) is 7.38. The van der Waals surface area contributed by atoms with Crippen LogP contribution in [0, 0.1) is 23.7 Å². The Balaban J connectivity index is 1.10. The minimum atomic E-state index is 0.00693. The lowest BCUT2D eigenvalue weighted by Crippen LogP contribution is -2.63. The molecular weight excluding hydrogens is 416 g/mol. The second kappa shape index (κ2) is 12.8. The first kappa shape index (κ1) is 25.4. The molecule has 0 bridgehead atoms. The van der Waals surface area contributed by atoms with Gasteiger partial charge in [0.1, 0.15) is 6.29 Å². The lowest BCUT2D eigenvalue weighted by molar-refractivity contribution is -0.150. The topological polar surface area (TPSA) is 74.9 Å². The van der Waals surface area contributed by atoms with E-state index in [4.69, 9.17) is 9.47 Å². The summed E-state index contributed by atoms with van der Waals surface area (Å²) in [4.78, 5) is 14.7. The van der Waals surface area contributed by atoms with Crippen molar-refractivity contribution in [1.82, 2.24) is 20.9 Å². The molecule has 2 saturated carbocycles. The Hall–Kier alpha value is -0.730. The van der Waals surface area contributed by atoms with Gasteiger partial charge in [-0.2, -0.15) is 0 Å². The number of esters is 1. The van der Waals surface area contributed by atoms with E-state index in [-0.39, 0.29) is 18.2 Å². The quantitative estimate of drug-likeness (QED) is 0.477. The summed E-state index contributed by atoms with van der Waals surface area (Å²) < 4.78 is 10.8. The molecule has 2 heterocycles. The van der Waals surface area contributed by atoms with Gasteiger partial charge in [0.05, 0.1) is 18.6 Å². The molecule has 7 heteroatoms. The zero-order valence-corrected chi connectivity index (χ0v) is 21.0. The Morgan fingerprint density at radius 3 is 2.36 bits per heavy atom. The highest BCUT2D eigenvalue weighted by molar-refractivity contribution is 5.72. The molecule has 1 unspecified atom stereocenters. The van der Waals surface area contributed by atoms with E-state index < -0.39 is 0 Å². The lowest BCUT2D eigenvalue weighted by Gasteiger charge is -2.41. The van der Waals surface area contributed by atoms with Gasteiger partial charge in [0.25, 0.3) is 0 Å². The molecule has 0 aromatic carbocycles. The predicted molar refractivity (Wildman–Crippen MR) is 131 cm³/mol. The molecule has 4 fully saturated rings. The molecule has 1 atom stereocenters. The van der Waals surface area contributed by atoms with Crippen LogP contribution in [0.5, 0.6) is 0 Å². The van der Waals surface area contributed by atoms with Gasteiger partial charge >= 0.3 is 5.97 Å². The van der Waals surface area contributed by atoms with Gasteiger partial charge in [0, 0.05) is 39.3 Å². The van der Waals surface area contributed by atoms with Crippen LogP contribution >= 0.6 is 0 Å². The number of methoxy groups -OCH3 is 1. The third-order valence-electron chi connectivity index (χ3n) is 8.78. The summed E-state index contributed by atoms with van der Waals surface area (Å²) in [5.41, 5.74) is 0. The number of ether oxygens (including phenoxy) is 2. The molecule has 0 amide bonds. The summed E-state index contributed by atoms with van der Waals surface area (Å²) in [7, 11) is 1.85. The summed E-state index contributed by atoms with van der Waals surface area (Å²) in [6.45, 7) is 7.82. The van der Waals surface area contributed by atoms with Crippen molar-refractivity contribution >= 4 is 5.97 Å². The highest BCUT2D eigenvalue weighted by atomic mass is 16.5. The van der Waals surface area contributed by atoms with Crippen LogP contribution in [-0.2, 0) is 14.3 Å². The number of piperidine rings is 1. The minimum absolute atomic E-state index is 0.00693. The number of hydrogen-bond donors (Lipinski definition) is 3. The van der Waals surface area contributed by atoms with Crippen LogP contribution < -0.4 is 16.0 Å². The van der Waals surface area contributed by atoms with E-state index in [0.717, 1.165) is 63.3 Å². The molecule has 0 radical (unpaired) electrons. The number of carbonyl (C=O) groups is 1. The average Bonchev–Trinajstić information content (AvgIpc) is 2.86. The molecule has 2 aliphatic carbocycles. The Morgan fingerprint density at radius 1 is 0.970 bits per heavy atom. The molecule has 0 aromatic rings. The van der Waals surface area contributed by atoms with Gasteiger partial charge in [0.2, 0.25) is 0 Å². The van der Waals surface area contributed by atoms with Crippen molar-refractivity contribution in [3.05, 3.63) is 0 Å². The van der Waals surface area contributed by atoms with E-state index in [9.17, 15) is 4.79 Å². The minimum Gasteiger partial charge on any atom is -0.466 e. The lowest BCUT2D eigenvalue weighted by atomic mass is 9.78. The molecule has 7 nitrogen and oxygen atoms in total. The fourth-order valence-electron chi connectivity index (χ4n) is 6.72.